The van der Waals surface area contributed by atoms with Crippen molar-refractivity contribution >= 4 is 46.4 Å². The molecule has 4 N–H and O–H groups in total. The van der Waals surface area contributed by atoms with Gasteiger partial charge in [-0.2, -0.15) is 0 Å². The molecule has 0 saturated carbocycles. The minimum atomic E-state index is -0.856. The van der Waals surface area contributed by atoms with E-state index >= 15 is 0 Å². The molecule has 0 bridgehead atoms. The normalized spacial score (nSPS) is 14.5. The van der Waals surface area contributed by atoms with Gasteiger partial charge in [-0.25, -0.2) is 0 Å². The zero-order valence-corrected chi connectivity index (χ0v) is 23.1. The molecule has 0 amide bonds. The van der Waals surface area contributed by atoms with Crippen LogP contribution in [0.1, 0.15) is 11.1 Å². The van der Waals surface area contributed by atoms with Gasteiger partial charge in [0.1, 0.15) is 73.8 Å². The smallest absolute Gasteiger partial charge is 0.123 e. The maximum absolute atomic E-state index is 9.85. The van der Waals surface area contributed by atoms with Gasteiger partial charge in [0.25, 0.3) is 0 Å². The van der Waals surface area contributed by atoms with Gasteiger partial charge in [-0.3, -0.25) is 0 Å². The summed E-state index contributed by atoms with van der Waals surface area (Å²) in [5.74, 6) is 2.00. The maximum Gasteiger partial charge on any atom is 0.123 e. The summed E-state index contributed by atoms with van der Waals surface area (Å²) in [5, 5.41) is 39.2. The van der Waals surface area contributed by atoms with E-state index < -0.39 is 24.4 Å². The molecule has 0 spiro atoms. The summed E-state index contributed by atoms with van der Waals surface area (Å²) < 4.78 is 22.9. The Morgan fingerprint density at radius 1 is 0.514 bits per heavy atom. The van der Waals surface area contributed by atoms with Gasteiger partial charge in [0.05, 0.1) is 23.5 Å². The van der Waals surface area contributed by atoms with Crippen molar-refractivity contribution in [1.29, 1.82) is 0 Å². The number of ether oxygens (including phenoxy) is 4. The van der Waals surface area contributed by atoms with Crippen LogP contribution in [0.4, 0.5) is 0 Å². The highest BCUT2D eigenvalue weighted by Crippen LogP contribution is 2.32. The molecule has 0 aromatic heterocycles. The molecule has 2 aromatic rings. The van der Waals surface area contributed by atoms with Gasteiger partial charge in [-0.1, -0.05) is 0 Å². The number of alkyl halides is 4. The Morgan fingerprint density at radius 3 is 1.16 bits per heavy atom. The summed E-state index contributed by atoms with van der Waals surface area (Å²) >= 11 is 22.7. The van der Waals surface area contributed by atoms with Gasteiger partial charge in [0, 0.05) is 17.5 Å². The second-order valence-corrected chi connectivity index (χ2v) is 9.43. The molecule has 12 heteroatoms. The van der Waals surface area contributed by atoms with Crippen molar-refractivity contribution < 1.29 is 39.4 Å². The average Bonchev–Trinajstić information content (AvgIpc) is 2.92. The fraction of sp³-hybridized carbons (Fsp3) is 0.520. The summed E-state index contributed by atoms with van der Waals surface area (Å²) in [6, 6.07) is 10.2. The topological polar surface area (TPSA) is 118 Å². The first-order chi connectivity index (χ1) is 17.8. The van der Waals surface area contributed by atoms with Gasteiger partial charge in [-0.05, 0) is 36.4 Å². The predicted octanol–water partition coefficient (Wildman–Crippen LogP) is 3.19. The van der Waals surface area contributed by atoms with Crippen LogP contribution in [-0.2, 0) is 6.42 Å². The number of rotatable bonds is 18. The molecule has 0 radical (unpaired) electrons. The molecule has 0 heterocycles. The Hall–Kier alpha value is -1.36. The molecule has 0 fully saturated rings. The second kappa shape index (κ2) is 17.3. The Bertz CT molecular complexity index is 862. The first-order valence-corrected chi connectivity index (χ1v) is 13.7. The minimum absolute atomic E-state index is 0.00496. The minimum Gasteiger partial charge on any atom is -0.491 e. The van der Waals surface area contributed by atoms with Crippen LogP contribution in [0.5, 0.6) is 23.0 Å². The summed E-state index contributed by atoms with van der Waals surface area (Å²) in [6.07, 6.45) is -3.09. The van der Waals surface area contributed by atoms with E-state index in [4.69, 9.17) is 65.4 Å². The fourth-order valence-corrected chi connectivity index (χ4v) is 3.35. The van der Waals surface area contributed by atoms with Crippen molar-refractivity contribution in [3.63, 3.8) is 0 Å². The Morgan fingerprint density at radius 2 is 0.838 bits per heavy atom. The summed E-state index contributed by atoms with van der Waals surface area (Å²) in [4.78, 5) is 0. The van der Waals surface area contributed by atoms with Crippen molar-refractivity contribution in [3.8, 4) is 23.0 Å². The zero-order chi connectivity index (χ0) is 27.2. The lowest BCUT2D eigenvalue weighted by molar-refractivity contribution is 0.122. The molecule has 0 saturated heterocycles. The fourth-order valence-electron chi connectivity index (χ4n) is 2.99. The molecule has 0 aliphatic carbocycles. The van der Waals surface area contributed by atoms with Crippen LogP contribution in [0, 0.1) is 0 Å². The largest absolute Gasteiger partial charge is 0.491 e. The van der Waals surface area contributed by atoms with Crippen molar-refractivity contribution in [3.05, 3.63) is 47.5 Å². The van der Waals surface area contributed by atoms with E-state index in [1.54, 1.807) is 36.4 Å². The van der Waals surface area contributed by atoms with E-state index in [1.165, 1.54) is 0 Å². The monoisotopic (exact) mass is 600 g/mol. The van der Waals surface area contributed by atoms with Crippen molar-refractivity contribution in [2.75, 3.05) is 49.9 Å². The number of aliphatic hydroxyl groups excluding tert-OH is 4. The van der Waals surface area contributed by atoms with Crippen molar-refractivity contribution in [2.24, 2.45) is 0 Å². The molecule has 208 valence electrons. The maximum atomic E-state index is 9.85. The van der Waals surface area contributed by atoms with Crippen LogP contribution >= 0.6 is 46.4 Å². The summed E-state index contributed by atoms with van der Waals surface area (Å²) in [7, 11) is 0. The van der Waals surface area contributed by atoms with E-state index in [0.29, 0.717) is 34.1 Å². The van der Waals surface area contributed by atoms with E-state index in [9.17, 15) is 20.4 Å². The lowest BCUT2D eigenvalue weighted by Gasteiger charge is -2.19. The van der Waals surface area contributed by atoms with Crippen molar-refractivity contribution in [1.82, 2.24) is 0 Å². The van der Waals surface area contributed by atoms with Crippen LogP contribution in [0.25, 0.3) is 0 Å². The molecule has 2 aromatic carbocycles. The highest BCUT2D eigenvalue weighted by atomic mass is 35.5. The van der Waals surface area contributed by atoms with E-state index in [-0.39, 0.29) is 56.4 Å². The van der Waals surface area contributed by atoms with Crippen LogP contribution in [-0.4, -0.2) is 94.8 Å². The average molecular weight is 602 g/mol. The van der Waals surface area contributed by atoms with E-state index in [1.807, 2.05) is 0 Å². The van der Waals surface area contributed by atoms with Crippen LogP contribution in [0.15, 0.2) is 36.4 Å². The number of benzene rings is 2. The summed E-state index contributed by atoms with van der Waals surface area (Å²) in [5.41, 5.74) is 1.36. The SMILES string of the molecule is OC(CCl)COc1ccc(OCC(O)CCl)c(Cc2cc(OCC(O)CCl)ccc2OCC(O)CCl)c1. The molecule has 4 unspecified atom stereocenters. The lowest BCUT2D eigenvalue weighted by atomic mass is 10.0. The number of hydrogen-bond donors (Lipinski definition) is 4. The second-order valence-electron chi connectivity index (χ2n) is 8.19. The van der Waals surface area contributed by atoms with Gasteiger partial charge in [0.15, 0.2) is 0 Å². The molecule has 2 rings (SSSR count). The third-order valence-corrected chi connectivity index (χ3v) is 6.33. The molecular weight excluding hydrogens is 570 g/mol. The lowest BCUT2D eigenvalue weighted by Crippen LogP contribution is -2.20. The van der Waals surface area contributed by atoms with Crippen LogP contribution in [0.2, 0.25) is 0 Å². The van der Waals surface area contributed by atoms with Gasteiger partial charge in [-0.15, -0.1) is 46.4 Å². The first kappa shape index (κ1) is 31.9. The molecule has 0 aliphatic rings. The van der Waals surface area contributed by atoms with Gasteiger partial charge in [0.2, 0.25) is 0 Å². The number of aliphatic hydroxyl groups is 4. The third-order valence-electron chi connectivity index (χ3n) is 4.90. The number of halogens is 4. The Balaban J connectivity index is 2.38. The quantitative estimate of drug-likeness (QED) is 0.192. The van der Waals surface area contributed by atoms with Gasteiger partial charge < -0.3 is 39.4 Å². The standard InChI is InChI=1S/C25H32Cl4O8/c26-8-18(30)12-34-22-1-3-24(36-14-20(32)10-28)16(6-22)5-17-7-23(35-13-19(31)9-27)2-4-25(17)37-15-21(33)11-29/h1-4,6-7,18-21,30-33H,5,8-15H2. The summed E-state index contributed by atoms with van der Waals surface area (Å²) in [6.45, 7) is -0.0329. The molecule has 4 atom stereocenters. The Labute approximate surface area is 236 Å². The zero-order valence-electron chi connectivity index (χ0n) is 20.1. The Kier molecular flexibility index (Phi) is 14.9. The van der Waals surface area contributed by atoms with Crippen molar-refractivity contribution in [2.45, 2.75) is 30.8 Å². The molecular formula is C25H32Cl4O8. The van der Waals surface area contributed by atoms with E-state index in [0.717, 1.165) is 0 Å². The van der Waals surface area contributed by atoms with E-state index in [2.05, 4.69) is 0 Å². The highest BCUT2D eigenvalue weighted by molar-refractivity contribution is 6.18. The highest BCUT2D eigenvalue weighted by Gasteiger charge is 2.16. The van der Waals surface area contributed by atoms with Gasteiger partial charge >= 0.3 is 0 Å². The predicted molar refractivity (Wildman–Crippen MR) is 145 cm³/mol. The molecule has 37 heavy (non-hydrogen) atoms. The number of hydrogen-bond acceptors (Lipinski definition) is 8. The van der Waals surface area contributed by atoms with Crippen LogP contribution < -0.4 is 18.9 Å². The van der Waals surface area contributed by atoms with Crippen LogP contribution in [0.3, 0.4) is 0 Å². The third kappa shape index (κ3) is 11.5. The molecule has 0 aliphatic heterocycles. The first-order valence-electron chi connectivity index (χ1n) is 11.5. The molecule has 8 nitrogen and oxygen atoms in total.